The van der Waals surface area contributed by atoms with E-state index in [9.17, 15) is 9.59 Å². The van der Waals surface area contributed by atoms with Crippen molar-refractivity contribution in [3.05, 3.63) is 69.6 Å². The molecular weight excluding hydrogens is 386 g/mol. The molecule has 0 aliphatic carbocycles. The number of carbonyl (C=O) groups is 2. The molecule has 0 atom stereocenters. The average Bonchev–Trinajstić information content (AvgIpc) is 2.93. The number of ether oxygens (including phenoxy) is 2. The fraction of sp³-hybridized carbons (Fsp3) is 0.200. The summed E-state index contributed by atoms with van der Waals surface area (Å²) in [5.41, 5.74) is 1.67. The third-order valence-corrected chi connectivity index (χ3v) is 5.18. The Morgan fingerprint density at radius 1 is 1.15 bits per heavy atom. The normalized spacial score (nSPS) is 15.6. The lowest BCUT2D eigenvalue weighted by atomic mass is 10.2. The van der Waals surface area contributed by atoms with Crippen molar-refractivity contribution in [2.75, 3.05) is 20.3 Å². The maximum absolute atomic E-state index is 12.4. The number of nitrogens with zero attached hydrogens (tertiary/aromatic N) is 1. The molecular formula is C20H18ClNO4S. The molecule has 5 nitrogen and oxygen atoms in total. The van der Waals surface area contributed by atoms with E-state index in [1.807, 2.05) is 48.5 Å². The van der Waals surface area contributed by atoms with Crippen molar-refractivity contribution in [3.8, 4) is 5.75 Å². The van der Waals surface area contributed by atoms with E-state index in [2.05, 4.69) is 0 Å². The Hall–Kier alpha value is -2.28. The minimum absolute atomic E-state index is 0.249. The number of carbonyl (C=O) groups excluding carboxylic acids is 2. The van der Waals surface area contributed by atoms with Gasteiger partial charge in [-0.15, -0.1) is 0 Å². The van der Waals surface area contributed by atoms with Crippen LogP contribution in [0.1, 0.15) is 11.1 Å². The molecule has 2 amide bonds. The first kappa shape index (κ1) is 19.5. The lowest BCUT2D eigenvalue weighted by Crippen LogP contribution is -2.31. The molecule has 0 radical (unpaired) electrons. The summed E-state index contributed by atoms with van der Waals surface area (Å²) in [6, 6.07) is 14.8. The van der Waals surface area contributed by atoms with Gasteiger partial charge in [0, 0.05) is 17.7 Å². The molecule has 1 heterocycles. The molecule has 2 aromatic rings. The summed E-state index contributed by atoms with van der Waals surface area (Å²) in [6.07, 6.45) is 1.69. The monoisotopic (exact) mass is 403 g/mol. The maximum Gasteiger partial charge on any atom is 0.293 e. The number of thioether (sulfide) groups is 1. The van der Waals surface area contributed by atoms with Gasteiger partial charge in [-0.3, -0.25) is 14.5 Å². The van der Waals surface area contributed by atoms with Gasteiger partial charge in [-0.25, -0.2) is 0 Å². The van der Waals surface area contributed by atoms with E-state index in [-0.39, 0.29) is 17.7 Å². The van der Waals surface area contributed by atoms with Crippen molar-refractivity contribution in [1.82, 2.24) is 4.90 Å². The first-order valence-electron chi connectivity index (χ1n) is 8.29. The van der Waals surface area contributed by atoms with E-state index in [4.69, 9.17) is 21.1 Å². The van der Waals surface area contributed by atoms with Gasteiger partial charge in [0.1, 0.15) is 12.4 Å². The molecule has 27 heavy (non-hydrogen) atoms. The van der Waals surface area contributed by atoms with Crippen molar-refractivity contribution in [2.24, 2.45) is 0 Å². The lowest BCUT2D eigenvalue weighted by molar-refractivity contribution is -0.123. The van der Waals surface area contributed by atoms with Gasteiger partial charge in [-0.05, 0) is 41.6 Å². The number of amides is 2. The molecule has 3 rings (SSSR count). The van der Waals surface area contributed by atoms with Crippen LogP contribution >= 0.6 is 23.4 Å². The molecule has 0 N–H and O–H groups in total. The highest BCUT2D eigenvalue weighted by atomic mass is 35.5. The Bertz CT molecular complexity index is 884. The third-order valence-electron chi connectivity index (χ3n) is 3.90. The number of methoxy groups -OCH3 is 1. The average molecular weight is 404 g/mol. The summed E-state index contributed by atoms with van der Waals surface area (Å²) in [6.45, 7) is 0.910. The van der Waals surface area contributed by atoms with E-state index in [0.29, 0.717) is 28.9 Å². The van der Waals surface area contributed by atoms with Gasteiger partial charge >= 0.3 is 0 Å². The van der Waals surface area contributed by atoms with Gasteiger partial charge in [-0.1, -0.05) is 41.9 Å². The zero-order chi connectivity index (χ0) is 19.2. The molecule has 0 bridgehead atoms. The van der Waals surface area contributed by atoms with Crippen LogP contribution in [0.4, 0.5) is 4.79 Å². The van der Waals surface area contributed by atoms with E-state index in [1.54, 1.807) is 6.08 Å². The molecule has 1 fully saturated rings. The smallest absolute Gasteiger partial charge is 0.293 e. The number of rotatable bonds is 7. The second-order valence-corrected chi connectivity index (χ2v) is 7.18. The maximum atomic E-state index is 12.4. The van der Waals surface area contributed by atoms with Gasteiger partial charge < -0.3 is 9.47 Å². The third kappa shape index (κ3) is 4.91. The zero-order valence-electron chi connectivity index (χ0n) is 14.7. The fourth-order valence-electron chi connectivity index (χ4n) is 2.50. The minimum atomic E-state index is -0.301. The molecule has 0 unspecified atom stereocenters. The fourth-order valence-corrected chi connectivity index (χ4v) is 3.55. The van der Waals surface area contributed by atoms with Gasteiger partial charge in [0.25, 0.3) is 11.1 Å². The second kappa shape index (κ2) is 9.08. The molecule has 0 saturated carbocycles. The van der Waals surface area contributed by atoms with Crippen LogP contribution < -0.4 is 4.74 Å². The van der Waals surface area contributed by atoms with Crippen molar-refractivity contribution in [1.29, 1.82) is 0 Å². The molecule has 1 aliphatic heterocycles. The quantitative estimate of drug-likeness (QED) is 0.632. The Morgan fingerprint density at radius 3 is 2.74 bits per heavy atom. The van der Waals surface area contributed by atoms with Gasteiger partial charge in [-0.2, -0.15) is 0 Å². The first-order valence-corrected chi connectivity index (χ1v) is 9.48. The molecule has 2 aromatic carbocycles. The highest BCUT2D eigenvalue weighted by Crippen LogP contribution is 2.32. The van der Waals surface area contributed by atoms with Crippen LogP contribution in [0.2, 0.25) is 5.02 Å². The van der Waals surface area contributed by atoms with Crippen LogP contribution in [0.15, 0.2) is 53.4 Å². The van der Waals surface area contributed by atoms with E-state index >= 15 is 0 Å². The van der Waals surface area contributed by atoms with E-state index < -0.39 is 0 Å². The summed E-state index contributed by atoms with van der Waals surface area (Å²) in [5, 5.41) is 0.368. The molecule has 7 heteroatoms. The number of hydrogen-bond donors (Lipinski definition) is 0. The number of hydrogen-bond acceptors (Lipinski definition) is 5. The van der Waals surface area contributed by atoms with Crippen molar-refractivity contribution < 1.29 is 19.1 Å². The van der Waals surface area contributed by atoms with Crippen LogP contribution in [0.5, 0.6) is 5.75 Å². The summed E-state index contributed by atoms with van der Waals surface area (Å²) >= 11 is 7.07. The molecule has 0 aromatic heterocycles. The Balaban J connectivity index is 1.70. The predicted molar refractivity (Wildman–Crippen MR) is 107 cm³/mol. The topological polar surface area (TPSA) is 55.8 Å². The summed E-state index contributed by atoms with van der Waals surface area (Å²) in [4.78, 5) is 25.9. The van der Waals surface area contributed by atoms with Crippen LogP contribution in [0, 0.1) is 0 Å². The summed E-state index contributed by atoms with van der Waals surface area (Å²) in [5.74, 6) is 0.353. The van der Waals surface area contributed by atoms with Crippen LogP contribution in [0.25, 0.3) is 6.08 Å². The zero-order valence-corrected chi connectivity index (χ0v) is 16.3. The number of imide groups is 1. The Labute approximate surface area is 166 Å². The van der Waals surface area contributed by atoms with Crippen molar-refractivity contribution in [2.45, 2.75) is 6.61 Å². The molecule has 140 valence electrons. The minimum Gasteiger partial charge on any atom is -0.489 e. The van der Waals surface area contributed by atoms with Gasteiger partial charge in [0.05, 0.1) is 18.1 Å². The van der Waals surface area contributed by atoms with Gasteiger partial charge in [0.15, 0.2) is 0 Å². The Kier molecular flexibility index (Phi) is 6.55. The van der Waals surface area contributed by atoms with Gasteiger partial charge in [0.2, 0.25) is 0 Å². The largest absolute Gasteiger partial charge is 0.489 e. The Morgan fingerprint density at radius 2 is 1.96 bits per heavy atom. The predicted octanol–water partition coefficient (Wildman–Crippen LogP) is 4.60. The van der Waals surface area contributed by atoms with Crippen LogP contribution in [0.3, 0.4) is 0 Å². The van der Waals surface area contributed by atoms with Crippen molar-refractivity contribution >= 4 is 40.6 Å². The highest BCUT2D eigenvalue weighted by molar-refractivity contribution is 8.18. The number of halogens is 1. The van der Waals surface area contributed by atoms with E-state index in [1.165, 1.54) is 12.0 Å². The standard InChI is InChI=1S/C20H18ClNO4S/c1-25-10-9-22-19(23)18(27-20(22)24)12-14-5-4-7-16(11-14)26-13-15-6-2-3-8-17(15)21/h2-8,11-12H,9-10,13H2,1H3/b18-12+. The van der Waals surface area contributed by atoms with Crippen LogP contribution in [-0.4, -0.2) is 36.3 Å². The first-order chi connectivity index (χ1) is 13.1. The molecule has 1 saturated heterocycles. The summed E-state index contributed by atoms with van der Waals surface area (Å²) in [7, 11) is 1.53. The summed E-state index contributed by atoms with van der Waals surface area (Å²) < 4.78 is 10.7. The highest BCUT2D eigenvalue weighted by Gasteiger charge is 2.34. The number of benzene rings is 2. The second-order valence-electron chi connectivity index (χ2n) is 5.78. The molecule has 1 aliphatic rings. The van der Waals surface area contributed by atoms with E-state index in [0.717, 1.165) is 22.9 Å². The lowest BCUT2D eigenvalue weighted by Gasteiger charge is -2.10. The SMILES string of the molecule is COCCN1C(=O)S/C(=C/c2cccc(OCc3ccccc3Cl)c2)C1=O. The molecule has 0 spiro atoms. The van der Waals surface area contributed by atoms with Crippen molar-refractivity contribution in [3.63, 3.8) is 0 Å². The van der Waals surface area contributed by atoms with Crippen LogP contribution in [-0.2, 0) is 16.1 Å².